The molecule has 2 aliphatic rings. The van der Waals surface area contributed by atoms with Crippen molar-refractivity contribution in [1.82, 2.24) is 19.7 Å². The number of carbonyl (C=O) groups is 1. The smallest absolute Gasteiger partial charge is 0.225 e. The van der Waals surface area contributed by atoms with Crippen molar-refractivity contribution in [3.63, 3.8) is 0 Å². The molecule has 0 saturated carbocycles. The van der Waals surface area contributed by atoms with Crippen molar-refractivity contribution >= 4 is 5.91 Å². The Morgan fingerprint density at radius 3 is 2.67 bits per heavy atom. The normalized spacial score (nSPS) is 21.7. The molecule has 0 spiro atoms. The maximum atomic E-state index is 13.2. The molecule has 4 rings (SSSR count). The van der Waals surface area contributed by atoms with Gasteiger partial charge in [0.1, 0.15) is 5.75 Å². The van der Waals surface area contributed by atoms with Crippen LogP contribution in [0.5, 0.6) is 5.75 Å². The maximum absolute atomic E-state index is 13.2. The van der Waals surface area contributed by atoms with Crippen LogP contribution >= 0.6 is 0 Å². The van der Waals surface area contributed by atoms with Gasteiger partial charge in [0.15, 0.2) is 0 Å². The van der Waals surface area contributed by atoms with Crippen LogP contribution in [0.3, 0.4) is 0 Å². The van der Waals surface area contributed by atoms with Gasteiger partial charge in [0, 0.05) is 63.0 Å². The summed E-state index contributed by atoms with van der Waals surface area (Å²) in [6.45, 7) is 11.9. The van der Waals surface area contributed by atoms with Gasteiger partial charge < -0.3 is 19.5 Å². The van der Waals surface area contributed by atoms with E-state index in [1.54, 1.807) is 7.11 Å². The van der Waals surface area contributed by atoms with Gasteiger partial charge in [-0.15, -0.1) is 0 Å². The molecular formula is C27H40N4O2. The summed E-state index contributed by atoms with van der Waals surface area (Å²) in [5, 5.41) is 0. The number of aromatic nitrogens is 1. The van der Waals surface area contributed by atoms with Gasteiger partial charge in [-0.25, -0.2) is 0 Å². The van der Waals surface area contributed by atoms with Gasteiger partial charge in [0.2, 0.25) is 5.91 Å². The monoisotopic (exact) mass is 452 g/mol. The van der Waals surface area contributed by atoms with E-state index < -0.39 is 0 Å². The minimum absolute atomic E-state index is 0.0234. The van der Waals surface area contributed by atoms with Crippen LogP contribution in [0.4, 0.5) is 0 Å². The SMILES string of the molecule is COc1cccc([C@@H]2CN(Cc3ccc[nH]3)C[C@@H]2CN(CCN2CCCC2)C(=O)C(C)C)c1. The molecule has 1 N–H and O–H groups in total. The number of ether oxygens (including phenoxy) is 1. The molecule has 1 amide bonds. The molecule has 2 fully saturated rings. The lowest BCUT2D eigenvalue weighted by Gasteiger charge is -2.31. The van der Waals surface area contributed by atoms with E-state index in [2.05, 4.69) is 50.0 Å². The quantitative estimate of drug-likeness (QED) is 0.596. The first-order chi connectivity index (χ1) is 16.0. The zero-order valence-electron chi connectivity index (χ0n) is 20.5. The van der Waals surface area contributed by atoms with Gasteiger partial charge in [0.05, 0.1) is 7.11 Å². The zero-order valence-corrected chi connectivity index (χ0v) is 20.5. The van der Waals surface area contributed by atoms with E-state index in [-0.39, 0.29) is 11.8 Å². The van der Waals surface area contributed by atoms with Crippen molar-refractivity contribution < 1.29 is 9.53 Å². The molecule has 180 valence electrons. The lowest BCUT2D eigenvalue weighted by Crippen LogP contribution is -2.43. The summed E-state index contributed by atoms with van der Waals surface area (Å²) in [7, 11) is 1.73. The molecule has 2 aliphatic heterocycles. The number of nitrogens with zero attached hydrogens (tertiary/aromatic N) is 3. The molecule has 1 aromatic carbocycles. The van der Waals surface area contributed by atoms with Crippen molar-refractivity contribution in [3.8, 4) is 5.75 Å². The number of rotatable bonds is 10. The molecule has 6 nitrogen and oxygen atoms in total. The fraction of sp³-hybridized carbons (Fsp3) is 0.593. The third-order valence-electron chi connectivity index (χ3n) is 7.24. The first-order valence-electron chi connectivity index (χ1n) is 12.5. The Hall–Kier alpha value is -2.31. The zero-order chi connectivity index (χ0) is 23.2. The third kappa shape index (κ3) is 6.18. The van der Waals surface area contributed by atoms with Crippen LogP contribution < -0.4 is 4.74 Å². The first-order valence-corrected chi connectivity index (χ1v) is 12.5. The van der Waals surface area contributed by atoms with Gasteiger partial charge in [-0.05, 0) is 61.7 Å². The van der Waals surface area contributed by atoms with Gasteiger partial charge in [0.25, 0.3) is 0 Å². The van der Waals surface area contributed by atoms with Gasteiger partial charge >= 0.3 is 0 Å². The molecule has 2 aromatic rings. The fourth-order valence-electron chi connectivity index (χ4n) is 5.44. The lowest BCUT2D eigenvalue weighted by molar-refractivity contribution is -0.135. The van der Waals surface area contributed by atoms with Crippen molar-refractivity contribution in [1.29, 1.82) is 0 Å². The van der Waals surface area contributed by atoms with Crippen molar-refractivity contribution in [3.05, 3.63) is 53.9 Å². The van der Waals surface area contributed by atoms with E-state index >= 15 is 0 Å². The summed E-state index contributed by atoms with van der Waals surface area (Å²) >= 11 is 0. The van der Waals surface area contributed by atoms with Crippen LogP contribution in [-0.4, -0.2) is 78.5 Å². The summed E-state index contributed by atoms with van der Waals surface area (Å²) in [5.74, 6) is 1.98. The van der Waals surface area contributed by atoms with Crippen LogP contribution in [-0.2, 0) is 11.3 Å². The number of hydrogen-bond acceptors (Lipinski definition) is 4. The van der Waals surface area contributed by atoms with Crippen LogP contribution in [0.25, 0.3) is 0 Å². The molecular weight excluding hydrogens is 412 g/mol. The van der Waals surface area contributed by atoms with E-state index in [4.69, 9.17) is 4.74 Å². The second kappa shape index (κ2) is 11.2. The number of benzene rings is 1. The van der Waals surface area contributed by atoms with E-state index in [1.807, 2.05) is 26.1 Å². The van der Waals surface area contributed by atoms with Crippen molar-refractivity contribution in [2.24, 2.45) is 11.8 Å². The highest BCUT2D eigenvalue weighted by atomic mass is 16.5. The van der Waals surface area contributed by atoms with E-state index in [1.165, 1.54) is 37.2 Å². The van der Waals surface area contributed by atoms with Crippen LogP contribution in [0.1, 0.15) is 43.9 Å². The highest BCUT2D eigenvalue weighted by Crippen LogP contribution is 2.35. The van der Waals surface area contributed by atoms with Gasteiger partial charge in [-0.2, -0.15) is 0 Å². The molecule has 0 radical (unpaired) electrons. The number of likely N-dealkylation sites (tertiary alicyclic amines) is 2. The number of methoxy groups -OCH3 is 1. The largest absolute Gasteiger partial charge is 0.497 e. The molecule has 2 saturated heterocycles. The van der Waals surface area contributed by atoms with Gasteiger partial charge in [-0.1, -0.05) is 26.0 Å². The predicted octanol–water partition coefficient (Wildman–Crippen LogP) is 3.82. The number of H-pyrrole nitrogens is 1. The van der Waals surface area contributed by atoms with E-state index in [0.717, 1.165) is 45.0 Å². The molecule has 0 aliphatic carbocycles. The second-order valence-corrected chi connectivity index (χ2v) is 10.0. The summed E-state index contributed by atoms with van der Waals surface area (Å²) in [4.78, 5) is 23.7. The molecule has 0 unspecified atom stereocenters. The summed E-state index contributed by atoms with van der Waals surface area (Å²) in [6.07, 6.45) is 4.56. The number of aromatic amines is 1. The molecule has 33 heavy (non-hydrogen) atoms. The molecule has 6 heteroatoms. The highest BCUT2D eigenvalue weighted by Gasteiger charge is 2.36. The molecule has 1 aromatic heterocycles. The van der Waals surface area contributed by atoms with E-state index in [9.17, 15) is 4.79 Å². The lowest BCUT2D eigenvalue weighted by atomic mass is 9.88. The Kier molecular flexibility index (Phi) is 8.10. The number of nitrogens with one attached hydrogen (secondary N) is 1. The Balaban J connectivity index is 1.51. The topological polar surface area (TPSA) is 51.8 Å². The Bertz CT molecular complexity index is 876. The molecule has 3 heterocycles. The predicted molar refractivity (Wildman–Crippen MR) is 132 cm³/mol. The Morgan fingerprint density at radius 1 is 1.15 bits per heavy atom. The standard InChI is InChI=1S/C27H40N4O2/c1-21(2)27(32)31(15-14-29-12-4-5-13-29)18-23-17-30(19-24-9-7-11-28-24)20-26(23)22-8-6-10-25(16-22)33-3/h6-11,16,21,23,26,28H,4-5,12-15,17-20H2,1-3H3/t23-,26+/m1/s1. The van der Waals surface area contributed by atoms with Crippen LogP contribution in [0, 0.1) is 11.8 Å². The minimum Gasteiger partial charge on any atom is -0.497 e. The second-order valence-electron chi connectivity index (χ2n) is 10.0. The maximum Gasteiger partial charge on any atom is 0.225 e. The summed E-state index contributed by atoms with van der Waals surface area (Å²) in [5.41, 5.74) is 2.55. The van der Waals surface area contributed by atoms with Crippen molar-refractivity contribution in [2.45, 2.75) is 39.2 Å². The van der Waals surface area contributed by atoms with E-state index in [0.29, 0.717) is 11.8 Å². The minimum atomic E-state index is 0.0234. The average molecular weight is 453 g/mol. The van der Waals surface area contributed by atoms with Crippen LogP contribution in [0.2, 0.25) is 0 Å². The fourth-order valence-corrected chi connectivity index (χ4v) is 5.44. The third-order valence-corrected chi connectivity index (χ3v) is 7.24. The first kappa shape index (κ1) is 23.8. The van der Waals surface area contributed by atoms with Crippen molar-refractivity contribution in [2.75, 3.05) is 52.9 Å². The number of hydrogen-bond donors (Lipinski definition) is 1. The van der Waals surface area contributed by atoms with Crippen LogP contribution in [0.15, 0.2) is 42.6 Å². The Labute approximate surface area is 198 Å². The Morgan fingerprint density at radius 2 is 1.97 bits per heavy atom. The average Bonchev–Trinajstić information content (AvgIpc) is 3.59. The summed E-state index contributed by atoms with van der Waals surface area (Å²) in [6, 6.07) is 12.7. The molecule has 0 bridgehead atoms. The highest BCUT2D eigenvalue weighted by molar-refractivity contribution is 5.78. The number of amides is 1. The summed E-state index contributed by atoms with van der Waals surface area (Å²) < 4.78 is 5.52. The molecule has 2 atom stereocenters. The number of carbonyl (C=O) groups excluding carboxylic acids is 1. The van der Waals surface area contributed by atoms with Gasteiger partial charge in [-0.3, -0.25) is 9.69 Å².